The maximum atomic E-state index is 11.8. The summed E-state index contributed by atoms with van der Waals surface area (Å²) in [6.07, 6.45) is 0. The fourth-order valence-corrected chi connectivity index (χ4v) is 2.91. The molecule has 2 aromatic rings. The first-order valence-corrected chi connectivity index (χ1v) is 7.98. The lowest BCUT2D eigenvalue weighted by atomic mass is 10.2. The van der Waals surface area contributed by atoms with Crippen LogP contribution in [0.3, 0.4) is 0 Å². The first-order valence-electron chi connectivity index (χ1n) is 7.98. The van der Waals surface area contributed by atoms with Gasteiger partial charge in [-0.25, -0.2) is 4.98 Å². The SMILES string of the molecule is COCc1nc(N2CCN(Cc3cccc(O)c3)CC2)cc(=O)[nH]1. The zero-order chi connectivity index (χ0) is 16.9. The monoisotopic (exact) mass is 330 g/mol. The molecular weight excluding hydrogens is 308 g/mol. The predicted molar refractivity (Wildman–Crippen MR) is 91.2 cm³/mol. The third-order valence-corrected chi connectivity index (χ3v) is 4.07. The van der Waals surface area contributed by atoms with Gasteiger partial charge in [-0.3, -0.25) is 9.69 Å². The lowest BCUT2D eigenvalue weighted by Crippen LogP contribution is -2.46. The summed E-state index contributed by atoms with van der Waals surface area (Å²) in [6, 6.07) is 8.88. The number of methoxy groups -OCH3 is 1. The predicted octanol–water partition coefficient (Wildman–Crippen LogP) is 0.944. The van der Waals surface area contributed by atoms with Gasteiger partial charge in [0.15, 0.2) is 0 Å². The molecule has 2 N–H and O–H groups in total. The van der Waals surface area contributed by atoms with Gasteiger partial charge in [-0.05, 0) is 17.7 Å². The molecule has 1 saturated heterocycles. The molecule has 1 fully saturated rings. The highest BCUT2D eigenvalue weighted by Crippen LogP contribution is 2.16. The number of phenolic OH excluding ortho intramolecular Hbond substituents is 1. The van der Waals surface area contributed by atoms with Crippen molar-refractivity contribution < 1.29 is 9.84 Å². The van der Waals surface area contributed by atoms with Gasteiger partial charge in [-0.2, -0.15) is 0 Å². The summed E-state index contributed by atoms with van der Waals surface area (Å²) in [5.41, 5.74) is 0.939. The van der Waals surface area contributed by atoms with Gasteiger partial charge >= 0.3 is 0 Å². The summed E-state index contributed by atoms with van der Waals surface area (Å²) in [7, 11) is 1.58. The first kappa shape index (κ1) is 16.5. The van der Waals surface area contributed by atoms with Gasteiger partial charge in [0.2, 0.25) is 0 Å². The highest BCUT2D eigenvalue weighted by molar-refractivity contribution is 5.38. The molecule has 1 aliphatic heterocycles. The number of nitrogens with zero attached hydrogens (tertiary/aromatic N) is 3. The number of aromatic nitrogens is 2. The second kappa shape index (κ2) is 7.46. The second-order valence-electron chi connectivity index (χ2n) is 5.92. The normalized spacial score (nSPS) is 15.6. The fraction of sp³-hybridized carbons (Fsp3) is 0.412. The zero-order valence-corrected chi connectivity index (χ0v) is 13.7. The van der Waals surface area contributed by atoms with Gasteiger partial charge in [0.05, 0.1) is 0 Å². The Hall–Kier alpha value is -2.38. The van der Waals surface area contributed by atoms with Crippen molar-refractivity contribution in [3.8, 4) is 5.75 Å². The van der Waals surface area contributed by atoms with Gasteiger partial charge in [0, 0.05) is 45.9 Å². The van der Waals surface area contributed by atoms with Gasteiger partial charge in [0.25, 0.3) is 5.56 Å². The molecule has 24 heavy (non-hydrogen) atoms. The number of rotatable bonds is 5. The number of nitrogens with one attached hydrogen (secondary N) is 1. The van der Waals surface area contributed by atoms with Gasteiger partial charge in [-0.1, -0.05) is 12.1 Å². The van der Waals surface area contributed by atoms with E-state index in [0.717, 1.165) is 38.3 Å². The Labute approximate surface area is 140 Å². The van der Waals surface area contributed by atoms with Gasteiger partial charge in [-0.15, -0.1) is 0 Å². The third kappa shape index (κ3) is 4.12. The van der Waals surface area contributed by atoms with Crippen molar-refractivity contribution in [2.45, 2.75) is 13.2 Å². The fourth-order valence-electron chi connectivity index (χ4n) is 2.91. The number of aromatic amines is 1. The minimum Gasteiger partial charge on any atom is -0.508 e. The molecule has 0 bridgehead atoms. The van der Waals surface area contributed by atoms with E-state index in [9.17, 15) is 9.90 Å². The number of ether oxygens (including phenoxy) is 1. The second-order valence-corrected chi connectivity index (χ2v) is 5.92. The molecule has 7 nitrogen and oxygen atoms in total. The number of piperazine rings is 1. The number of hydrogen-bond acceptors (Lipinski definition) is 6. The van der Waals surface area contributed by atoms with Crippen LogP contribution in [0.4, 0.5) is 5.82 Å². The largest absolute Gasteiger partial charge is 0.508 e. The van der Waals surface area contributed by atoms with Crippen molar-refractivity contribution in [1.82, 2.24) is 14.9 Å². The lowest BCUT2D eigenvalue weighted by Gasteiger charge is -2.35. The van der Waals surface area contributed by atoms with E-state index < -0.39 is 0 Å². The summed E-state index contributed by atoms with van der Waals surface area (Å²) in [6.45, 7) is 4.47. The van der Waals surface area contributed by atoms with Gasteiger partial charge in [0.1, 0.15) is 24.0 Å². The molecule has 0 saturated carbocycles. The van der Waals surface area contributed by atoms with E-state index in [-0.39, 0.29) is 5.56 Å². The minimum absolute atomic E-state index is 0.158. The Kier molecular flexibility index (Phi) is 5.12. The molecule has 0 spiro atoms. The Morgan fingerprint density at radius 3 is 2.75 bits per heavy atom. The average molecular weight is 330 g/mol. The lowest BCUT2D eigenvalue weighted by molar-refractivity contribution is 0.177. The Morgan fingerprint density at radius 1 is 1.25 bits per heavy atom. The van der Waals surface area contributed by atoms with E-state index in [0.29, 0.717) is 24.0 Å². The third-order valence-electron chi connectivity index (χ3n) is 4.07. The molecule has 0 aliphatic carbocycles. The summed E-state index contributed by atoms with van der Waals surface area (Å²) in [5, 5.41) is 9.55. The number of aromatic hydroxyl groups is 1. The standard InChI is InChI=1S/C17H22N4O3/c1-24-12-15-18-16(10-17(23)19-15)21-7-5-20(6-8-21)11-13-3-2-4-14(22)9-13/h2-4,9-10,22H,5-8,11-12H2,1H3,(H,18,19,23). The zero-order valence-electron chi connectivity index (χ0n) is 13.7. The molecule has 0 amide bonds. The van der Waals surface area contributed by atoms with Crippen LogP contribution in [0.25, 0.3) is 0 Å². The minimum atomic E-state index is -0.158. The summed E-state index contributed by atoms with van der Waals surface area (Å²) >= 11 is 0. The maximum absolute atomic E-state index is 11.8. The number of benzene rings is 1. The van der Waals surface area contributed by atoms with E-state index in [1.54, 1.807) is 19.2 Å². The van der Waals surface area contributed by atoms with E-state index >= 15 is 0 Å². The van der Waals surface area contributed by atoms with Gasteiger partial charge < -0.3 is 19.7 Å². The topological polar surface area (TPSA) is 81.7 Å². The number of hydrogen-bond donors (Lipinski definition) is 2. The maximum Gasteiger partial charge on any atom is 0.253 e. The van der Waals surface area contributed by atoms with E-state index in [4.69, 9.17) is 4.74 Å². The van der Waals surface area contributed by atoms with Crippen LogP contribution >= 0.6 is 0 Å². The molecule has 7 heteroatoms. The smallest absolute Gasteiger partial charge is 0.253 e. The van der Waals surface area contributed by atoms with Crippen LogP contribution in [0.15, 0.2) is 35.1 Å². The highest BCUT2D eigenvalue weighted by Gasteiger charge is 2.19. The Morgan fingerprint density at radius 2 is 2.04 bits per heavy atom. The van der Waals surface area contributed by atoms with E-state index in [2.05, 4.69) is 19.8 Å². The van der Waals surface area contributed by atoms with Crippen LogP contribution in [-0.2, 0) is 17.9 Å². The molecule has 0 unspecified atom stereocenters. The summed E-state index contributed by atoms with van der Waals surface area (Å²) in [5.74, 6) is 1.54. The van der Waals surface area contributed by atoms with Crippen LogP contribution < -0.4 is 10.5 Å². The molecule has 3 rings (SSSR count). The number of H-pyrrole nitrogens is 1. The molecular formula is C17H22N4O3. The van der Waals surface area contributed by atoms with Crippen molar-refractivity contribution in [3.63, 3.8) is 0 Å². The van der Waals surface area contributed by atoms with Crippen LogP contribution in [0, 0.1) is 0 Å². The molecule has 128 valence electrons. The molecule has 1 aliphatic rings. The van der Waals surface area contributed by atoms with Crippen molar-refractivity contribution in [2.75, 3.05) is 38.2 Å². The van der Waals surface area contributed by atoms with Crippen molar-refractivity contribution in [3.05, 3.63) is 52.1 Å². The van der Waals surface area contributed by atoms with Crippen molar-refractivity contribution in [1.29, 1.82) is 0 Å². The molecule has 0 radical (unpaired) electrons. The van der Waals surface area contributed by atoms with Crippen LogP contribution in [0.2, 0.25) is 0 Å². The molecule has 2 heterocycles. The van der Waals surface area contributed by atoms with Crippen LogP contribution in [0.5, 0.6) is 5.75 Å². The average Bonchev–Trinajstić information content (AvgIpc) is 2.55. The molecule has 0 atom stereocenters. The molecule has 1 aromatic carbocycles. The summed E-state index contributed by atoms with van der Waals surface area (Å²) in [4.78, 5) is 23.3. The quantitative estimate of drug-likeness (QED) is 0.849. The Balaban J connectivity index is 1.61. The highest BCUT2D eigenvalue weighted by atomic mass is 16.5. The number of anilines is 1. The first-order chi connectivity index (χ1) is 11.6. The molecule has 1 aromatic heterocycles. The summed E-state index contributed by atoms with van der Waals surface area (Å²) < 4.78 is 5.04. The van der Waals surface area contributed by atoms with Crippen molar-refractivity contribution in [2.24, 2.45) is 0 Å². The van der Waals surface area contributed by atoms with E-state index in [1.165, 1.54) is 6.07 Å². The van der Waals surface area contributed by atoms with Crippen molar-refractivity contribution >= 4 is 5.82 Å². The number of phenols is 1. The van der Waals surface area contributed by atoms with E-state index in [1.807, 2.05) is 12.1 Å². The van der Waals surface area contributed by atoms with Crippen LogP contribution in [0.1, 0.15) is 11.4 Å². The Bertz CT molecular complexity index is 739. The van der Waals surface area contributed by atoms with Crippen LogP contribution in [-0.4, -0.2) is 53.3 Å².